The Bertz CT molecular complexity index is 400. The number of rotatable bonds is 2. The topological polar surface area (TPSA) is 81.6 Å². The largest absolute Gasteiger partial charge is 0.508 e. The SMILES string of the molecule is O=C(N[C@H]1CCNC1)c1ccc(O)cc1O. The van der Waals surface area contributed by atoms with Crippen molar-refractivity contribution in [3.05, 3.63) is 23.8 Å². The van der Waals surface area contributed by atoms with Crippen molar-refractivity contribution in [2.24, 2.45) is 0 Å². The van der Waals surface area contributed by atoms with Crippen LogP contribution in [-0.2, 0) is 0 Å². The number of hydrogen-bond donors (Lipinski definition) is 4. The van der Waals surface area contributed by atoms with E-state index in [1.54, 1.807) is 0 Å². The second-order valence-corrected chi connectivity index (χ2v) is 3.86. The van der Waals surface area contributed by atoms with Crippen molar-refractivity contribution in [1.29, 1.82) is 0 Å². The number of hydrogen-bond acceptors (Lipinski definition) is 4. The summed E-state index contributed by atoms with van der Waals surface area (Å²) in [5.41, 5.74) is 0.185. The van der Waals surface area contributed by atoms with Gasteiger partial charge in [-0.05, 0) is 25.1 Å². The van der Waals surface area contributed by atoms with Gasteiger partial charge in [-0.1, -0.05) is 0 Å². The van der Waals surface area contributed by atoms with Gasteiger partial charge in [0.25, 0.3) is 5.91 Å². The normalized spacial score (nSPS) is 19.6. The van der Waals surface area contributed by atoms with E-state index in [1.165, 1.54) is 12.1 Å². The van der Waals surface area contributed by atoms with E-state index in [0.29, 0.717) is 0 Å². The summed E-state index contributed by atoms with van der Waals surface area (Å²) in [5, 5.41) is 24.5. The summed E-state index contributed by atoms with van der Waals surface area (Å²) in [4.78, 5) is 11.8. The molecule has 0 radical (unpaired) electrons. The van der Waals surface area contributed by atoms with Crippen LogP contribution in [0.4, 0.5) is 0 Å². The van der Waals surface area contributed by atoms with Crippen LogP contribution in [0.2, 0.25) is 0 Å². The highest BCUT2D eigenvalue weighted by atomic mass is 16.3. The molecule has 0 bridgehead atoms. The maximum atomic E-state index is 11.8. The molecule has 0 aliphatic carbocycles. The molecule has 0 spiro atoms. The number of aromatic hydroxyl groups is 2. The number of benzene rings is 1. The number of carbonyl (C=O) groups is 1. The maximum Gasteiger partial charge on any atom is 0.255 e. The highest BCUT2D eigenvalue weighted by Gasteiger charge is 2.19. The number of phenolic OH excluding ortho intramolecular Hbond substituents is 2. The third-order valence-electron chi connectivity index (χ3n) is 2.62. The van der Waals surface area contributed by atoms with Gasteiger partial charge in [0.1, 0.15) is 11.5 Å². The summed E-state index contributed by atoms with van der Waals surface area (Å²) in [5.74, 6) is -0.578. The number of amides is 1. The van der Waals surface area contributed by atoms with Crippen molar-refractivity contribution < 1.29 is 15.0 Å². The van der Waals surface area contributed by atoms with Gasteiger partial charge in [-0.2, -0.15) is 0 Å². The van der Waals surface area contributed by atoms with Gasteiger partial charge < -0.3 is 20.8 Å². The molecule has 4 N–H and O–H groups in total. The van der Waals surface area contributed by atoms with Crippen LogP contribution in [0.1, 0.15) is 16.8 Å². The highest BCUT2D eigenvalue weighted by Crippen LogP contribution is 2.22. The fraction of sp³-hybridized carbons (Fsp3) is 0.364. The molecule has 86 valence electrons. The van der Waals surface area contributed by atoms with Crippen LogP contribution in [0.5, 0.6) is 11.5 Å². The molecule has 2 rings (SSSR count). The summed E-state index contributed by atoms with van der Waals surface area (Å²) in [7, 11) is 0. The fourth-order valence-corrected chi connectivity index (χ4v) is 1.75. The van der Waals surface area contributed by atoms with Crippen molar-refractivity contribution in [2.75, 3.05) is 13.1 Å². The molecular formula is C11H14N2O3. The number of phenols is 2. The Hall–Kier alpha value is -1.75. The Morgan fingerprint density at radius 1 is 1.44 bits per heavy atom. The monoisotopic (exact) mass is 222 g/mol. The second-order valence-electron chi connectivity index (χ2n) is 3.86. The number of nitrogens with one attached hydrogen (secondary N) is 2. The Balaban J connectivity index is 2.08. The van der Waals surface area contributed by atoms with Gasteiger partial charge in [0.05, 0.1) is 5.56 Å². The van der Waals surface area contributed by atoms with Crippen LogP contribution in [0.3, 0.4) is 0 Å². The average molecular weight is 222 g/mol. The van der Waals surface area contributed by atoms with Crippen molar-refractivity contribution in [3.63, 3.8) is 0 Å². The molecule has 1 saturated heterocycles. The van der Waals surface area contributed by atoms with Gasteiger partial charge in [-0.15, -0.1) is 0 Å². The van der Waals surface area contributed by atoms with Gasteiger partial charge in [-0.25, -0.2) is 0 Å². The van der Waals surface area contributed by atoms with E-state index in [9.17, 15) is 9.90 Å². The van der Waals surface area contributed by atoms with Crippen molar-refractivity contribution in [1.82, 2.24) is 10.6 Å². The van der Waals surface area contributed by atoms with Crippen molar-refractivity contribution in [2.45, 2.75) is 12.5 Å². The molecule has 5 nitrogen and oxygen atoms in total. The van der Waals surface area contributed by atoms with E-state index in [4.69, 9.17) is 5.11 Å². The van der Waals surface area contributed by atoms with E-state index in [1.807, 2.05) is 0 Å². The quantitative estimate of drug-likeness (QED) is 0.575. The van der Waals surface area contributed by atoms with Crippen LogP contribution >= 0.6 is 0 Å². The Kier molecular flexibility index (Phi) is 2.96. The molecule has 1 fully saturated rings. The van der Waals surface area contributed by atoms with E-state index in [2.05, 4.69) is 10.6 Å². The predicted octanol–water partition coefficient (Wildman–Crippen LogP) is 0.189. The summed E-state index contributed by atoms with van der Waals surface area (Å²) in [6, 6.07) is 4.05. The second kappa shape index (κ2) is 4.40. The molecule has 5 heteroatoms. The molecule has 0 saturated carbocycles. The summed E-state index contributed by atoms with van der Waals surface area (Å²) in [6.07, 6.45) is 0.893. The van der Waals surface area contributed by atoms with E-state index in [-0.39, 0.29) is 29.0 Å². The van der Waals surface area contributed by atoms with Crippen LogP contribution in [0.15, 0.2) is 18.2 Å². The summed E-state index contributed by atoms with van der Waals surface area (Å²) >= 11 is 0. The molecule has 1 aromatic rings. The van der Waals surface area contributed by atoms with Gasteiger partial charge in [0.2, 0.25) is 0 Å². The molecule has 1 aromatic carbocycles. The van der Waals surface area contributed by atoms with Gasteiger partial charge in [0.15, 0.2) is 0 Å². The van der Waals surface area contributed by atoms with Gasteiger partial charge in [0, 0.05) is 18.7 Å². The number of carbonyl (C=O) groups excluding carboxylic acids is 1. The molecular weight excluding hydrogens is 208 g/mol. The summed E-state index contributed by atoms with van der Waals surface area (Å²) < 4.78 is 0. The lowest BCUT2D eigenvalue weighted by Crippen LogP contribution is -2.36. The first-order valence-electron chi connectivity index (χ1n) is 5.20. The predicted molar refractivity (Wildman–Crippen MR) is 58.5 cm³/mol. The zero-order chi connectivity index (χ0) is 11.5. The molecule has 1 aliphatic rings. The Labute approximate surface area is 93.1 Å². The minimum atomic E-state index is -0.314. The zero-order valence-corrected chi connectivity index (χ0v) is 8.73. The third kappa shape index (κ3) is 2.25. The van der Waals surface area contributed by atoms with Crippen LogP contribution in [-0.4, -0.2) is 35.3 Å². The molecule has 1 atom stereocenters. The first-order chi connectivity index (χ1) is 7.66. The molecule has 1 heterocycles. The van der Waals surface area contributed by atoms with E-state index >= 15 is 0 Å². The molecule has 0 unspecified atom stereocenters. The highest BCUT2D eigenvalue weighted by molar-refractivity contribution is 5.97. The van der Waals surface area contributed by atoms with Crippen LogP contribution in [0.25, 0.3) is 0 Å². The maximum absolute atomic E-state index is 11.8. The molecule has 1 aliphatic heterocycles. The van der Waals surface area contributed by atoms with Gasteiger partial charge >= 0.3 is 0 Å². The fourth-order valence-electron chi connectivity index (χ4n) is 1.75. The lowest BCUT2D eigenvalue weighted by molar-refractivity contribution is 0.0937. The first kappa shape index (κ1) is 10.8. The van der Waals surface area contributed by atoms with Crippen LogP contribution < -0.4 is 10.6 Å². The van der Waals surface area contributed by atoms with Crippen molar-refractivity contribution in [3.8, 4) is 11.5 Å². The molecule has 1 amide bonds. The smallest absolute Gasteiger partial charge is 0.255 e. The molecule has 0 aromatic heterocycles. The van der Waals surface area contributed by atoms with Crippen molar-refractivity contribution >= 4 is 5.91 Å². The van der Waals surface area contributed by atoms with Crippen LogP contribution in [0, 0.1) is 0 Å². The lowest BCUT2D eigenvalue weighted by atomic mass is 10.1. The average Bonchev–Trinajstić information content (AvgIpc) is 2.70. The minimum absolute atomic E-state index is 0.0587. The Morgan fingerprint density at radius 3 is 2.88 bits per heavy atom. The van der Waals surface area contributed by atoms with E-state index < -0.39 is 0 Å². The molecule has 16 heavy (non-hydrogen) atoms. The summed E-state index contributed by atoms with van der Waals surface area (Å²) in [6.45, 7) is 1.65. The Morgan fingerprint density at radius 2 is 2.25 bits per heavy atom. The third-order valence-corrected chi connectivity index (χ3v) is 2.62. The standard InChI is InChI=1S/C11H14N2O3/c14-8-1-2-9(10(15)5-8)11(16)13-7-3-4-12-6-7/h1-2,5,7,12,14-15H,3-4,6H2,(H,13,16)/t7-/m0/s1. The first-order valence-corrected chi connectivity index (χ1v) is 5.20. The lowest BCUT2D eigenvalue weighted by Gasteiger charge is -2.12. The van der Waals surface area contributed by atoms with E-state index in [0.717, 1.165) is 25.6 Å². The van der Waals surface area contributed by atoms with Gasteiger partial charge in [-0.3, -0.25) is 4.79 Å². The minimum Gasteiger partial charge on any atom is -0.508 e. The zero-order valence-electron chi connectivity index (χ0n) is 8.73.